The molecule has 0 spiro atoms. The molecule has 0 radical (unpaired) electrons. The number of hydrogen-bond acceptors (Lipinski definition) is 4. The van der Waals surface area contributed by atoms with Gasteiger partial charge in [-0.3, -0.25) is 9.10 Å². The lowest BCUT2D eigenvalue weighted by Gasteiger charge is -2.57. The van der Waals surface area contributed by atoms with E-state index in [0.29, 0.717) is 12.2 Å². The Morgan fingerprint density at radius 3 is 2.14 bits per heavy atom. The van der Waals surface area contributed by atoms with Crippen molar-refractivity contribution in [2.24, 2.45) is 23.7 Å². The van der Waals surface area contributed by atoms with E-state index in [4.69, 9.17) is 0 Å². The fraction of sp³-hybridized carbons (Fsp3) is 0.750. The van der Waals surface area contributed by atoms with Crippen molar-refractivity contribution in [2.45, 2.75) is 70.1 Å². The molecule has 1 saturated heterocycles. The first kappa shape index (κ1) is 25.1. The van der Waals surface area contributed by atoms with Gasteiger partial charge in [0.05, 0.1) is 11.9 Å². The van der Waals surface area contributed by atoms with Crippen LogP contribution in [0.25, 0.3) is 0 Å². The van der Waals surface area contributed by atoms with Gasteiger partial charge in [0.1, 0.15) is 6.54 Å². The van der Waals surface area contributed by atoms with E-state index in [1.54, 1.807) is 0 Å². The fourth-order valence-corrected chi connectivity index (χ4v) is 8.70. The first-order valence-electron chi connectivity index (χ1n) is 13.8. The van der Waals surface area contributed by atoms with Crippen LogP contribution in [0, 0.1) is 23.7 Å². The van der Waals surface area contributed by atoms with Gasteiger partial charge in [-0.1, -0.05) is 19.1 Å². The molecule has 6 nitrogen and oxygen atoms in total. The molecule has 35 heavy (non-hydrogen) atoms. The van der Waals surface area contributed by atoms with Gasteiger partial charge in [-0.15, -0.1) is 0 Å². The Labute approximate surface area is 211 Å². The van der Waals surface area contributed by atoms with E-state index in [9.17, 15) is 13.2 Å². The Balaban J connectivity index is 1.17. The molecule has 0 aromatic heterocycles. The number of benzene rings is 1. The Kier molecular flexibility index (Phi) is 7.19. The number of rotatable bonds is 9. The van der Waals surface area contributed by atoms with E-state index in [1.807, 2.05) is 12.1 Å². The maximum Gasteiger partial charge on any atom is 0.240 e. The number of amides is 1. The van der Waals surface area contributed by atoms with Crippen molar-refractivity contribution >= 4 is 21.6 Å². The third-order valence-electron chi connectivity index (χ3n) is 9.34. The van der Waals surface area contributed by atoms with Crippen LogP contribution in [0.15, 0.2) is 24.3 Å². The van der Waals surface area contributed by atoms with Gasteiger partial charge in [0.2, 0.25) is 15.9 Å². The molecule has 0 unspecified atom stereocenters. The van der Waals surface area contributed by atoms with Crippen LogP contribution in [-0.2, 0) is 20.2 Å². The van der Waals surface area contributed by atoms with Crippen LogP contribution in [0.3, 0.4) is 0 Å². The highest BCUT2D eigenvalue weighted by Crippen LogP contribution is 2.60. The molecule has 1 N–H and O–H groups in total. The van der Waals surface area contributed by atoms with Crippen molar-refractivity contribution in [1.29, 1.82) is 0 Å². The van der Waals surface area contributed by atoms with Gasteiger partial charge in [-0.2, -0.15) is 0 Å². The van der Waals surface area contributed by atoms with Crippen molar-refractivity contribution < 1.29 is 13.2 Å². The van der Waals surface area contributed by atoms with Crippen LogP contribution in [0.5, 0.6) is 0 Å². The second-order valence-electron chi connectivity index (χ2n) is 12.2. The summed E-state index contributed by atoms with van der Waals surface area (Å²) in [5.74, 6) is 3.18. The minimum atomic E-state index is -3.56. The number of nitrogens with one attached hydrogen (secondary N) is 1. The minimum absolute atomic E-state index is 0.170. The van der Waals surface area contributed by atoms with Crippen LogP contribution < -0.4 is 9.62 Å². The average Bonchev–Trinajstić information content (AvgIpc) is 2.80. The molecule has 1 aromatic carbocycles. The standard InChI is InChI=1S/C28H43N3O3S/c1-21-8-12-30(13-9-21)11-3-10-29-27(32)20-31(35(2,33)34)26-6-4-25(5-7-26)28-17-22-14-23(18-28)16-24(15-22)19-28/h4-7,21-24H,3,8-20H2,1-2H3,(H,29,32). The molecule has 1 aliphatic heterocycles. The Bertz CT molecular complexity index is 963. The summed E-state index contributed by atoms with van der Waals surface area (Å²) in [6, 6.07) is 8.11. The molecule has 194 valence electrons. The second kappa shape index (κ2) is 10.0. The van der Waals surface area contributed by atoms with Crippen LogP contribution >= 0.6 is 0 Å². The zero-order valence-electron chi connectivity index (χ0n) is 21.5. The summed E-state index contributed by atoms with van der Waals surface area (Å²) in [5, 5.41) is 2.93. The van der Waals surface area contributed by atoms with Crippen LogP contribution in [0.1, 0.15) is 70.3 Å². The zero-order valence-corrected chi connectivity index (χ0v) is 22.4. The summed E-state index contributed by atoms with van der Waals surface area (Å²) in [6.45, 7) is 5.97. The van der Waals surface area contributed by atoms with Crippen molar-refractivity contribution in [3.05, 3.63) is 29.8 Å². The summed E-state index contributed by atoms with van der Waals surface area (Å²) in [7, 11) is -3.56. The number of carbonyl (C=O) groups is 1. The second-order valence-corrected chi connectivity index (χ2v) is 14.1. The molecule has 5 fully saturated rings. The van der Waals surface area contributed by atoms with Gasteiger partial charge in [0, 0.05) is 6.54 Å². The molecule has 4 saturated carbocycles. The molecule has 4 aliphatic carbocycles. The maximum absolute atomic E-state index is 12.6. The molecule has 5 aliphatic rings. The first-order chi connectivity index (χ1) is 16.7. The fourth-order valence-electron chi connectivity index (χ4n) is 7.85. The lowest BCUT2D eigenvalue weighted by Crippen LogP contribution is -2.48. The average molecular weight is 502 g/mol. The smallest absolute Gasteiger partial charge is 0.240 e. The minimum Gasteiger partial charge on any atom is -0.354 e. The molecular formula is C28H43N3O3S. The number of likely N-dealkylation sites (tertiary alicyclic amines) is 1. The van der Waals surface area contributed by atoms with E-state index in [0.717, 1.165) is 49.7 Å². The lowest BCUT2D eigenvalue weighted by molar-refractivity contribution is -0.119. The van der Waals surface area contributed by atoms with Crippen LogP contribution in [0.4, 0.5) is 5.69 Å². The van der Waals surface area contributed by atoms with E-state index in [1.165, 1.54) is 67.5 Å². The Hall–Kier alpha value is -1.60. The lowest BCUT2D eigenvalue weighted by atomic mass is 9.48. The highest BCUT2D eigenvalue weighted by Gasteiger charge is 2.51. The SMILES string of the molecule is CC1CCN(CCCNC(=O)CN(c2ccc(C34CC5CC(CC(C5)C3)C4)cc2)S(C)(=O)=O)CC1. The molecule has 6 rings (SSSR count). The van der Waals surface area contributed by atoms with Crippen molar-refractivity contribution in [1.82, 2.24) is 10.2 Å². The molecular weight excluding hydrogens is 458 g/mol. The van der Waals surface area contributed by atoms with E-state index in [-0.39, 0.29) is 17.9 Å². The zero-order chi connectivity index (χ0) is 24.6. The highest BCUT2D eigenvalue weighted by atomic mass is 32.2. The summed E-state index contributed by atoms with van der Waals surface area (Å²) in [5.41, 5.74) is 2.23. The largest absolute Gasteiger partial charge is 0.354 e. The highest BCUT2D eigenvalue weighted by molar-refractivity contribution is 7.92. The summed E-state index contributed by atoms with van der Waals surface area (Å²) in [6.07, 6.45) is 12.6. The summed E-state index contributed by atoms with van der Waals surface area (Å²) < 4.78 is 26.4. The van der Waals surface area contributed by atoms with E-state index < -0.39 is 10.0 Å². The van der Waals surface area contributed by atoms with Gasteiger partial charge in [-0.05, 0) is 124 Å². The summed E-state index contributed by atoms with van der Waals surface area (Å²) >= 11 is 0. The predicted octanol–water partition coefficient (Wildman–Crippen LogP) is 4.16. The molecule has 0 atom stereocenters. The van der Waals surface area contributed by atoms with Gasteiger partial charge in [0.15, 0.2) is 0 Å². The van der Waals surface area contributed by atoms with E-state index in [2.05, 4.69) is 29.3 Å². The van der Waals surface area contributed by atoms with Crippen molar-refractivity contribution in [3.63, 3.8) is 0 Å². The van der Waals surface area contributed by atoms with Gasteiger partial charge in [0.25, 0.3) is 0 Å². The van der Waals surface area contributed by atoms with Crippen molar-refractivity contribution in [2.75, 3.05) is 43.3 Å². The number of sulfonamides is 1. The third-order valence-corrected chi connectivity index (χ3v) is 10.5. The molecule has 1 aromatic rings. The van der Waals surface area contributed by atoms with Gasteiger partial charge >= 0.3 is 0 Å². The first-order valence-corrected chi connectivity index (χ1v) is 15.6. The molecule has 1 amide bonds. The molecule has 7 heteroatoms. The number of hydrogen-bond donors (Lipinski definition) is 1. The van der Waals surface area contributed by atoms with Gasteiger partial charge < -0.3 is 10.2 Å². The van der Waals surface area contributed by atoms with Crippen LogP contribution in [0.2, 0.25) is 0 Å². The van der Waals surface area contributed by atoms with Gasteiger partial charge in [-0.25, -0.2) is 8.42 Å². The van der Waals surface area contributed by atoms with E-state index >= 15 is 0 Å². The molecule has 1 heterocycles. The summed E-state index contributed by atoms with van der Waals surface area (Å²) in [4.78, 5) is 15.1. The van der Waals surface area contributed by atoms with Crippen LogP contribution in [-0.4, -0.2) is 58.2 Å². The normalized spacial score (nSPS) is 31.0. The molecule has 4 bridgehead atoms. The third kappa shape index (κ3) is 5.71. The number of piperidine rings is 1. The monoisotopic (exact) mass is 501 g/mol. The Morgan fingerprint density at radius 2 is 1.60 bits per heavy atom. The van der Waals surface area contributed by atoms with Crippen molar-refractivity contribution in [3.8, 4) is 0 Å². The number of anilines is 1. The predicted molar refractivity (Wildman–Crippen MR) is 141 cm³/mol. The topological polar surface area (TPSA) is 69.7 Å². The Morgan fingerprint density at radius 1 is 1.03 bits per heavy atom. The maximum atomic E-state index is 12.6. The quantitative estimate of drug-likeness (QED) is 0.516. The number of nitrogens with zero attached hydrogens (tertiary/aromatic N) is 2. The number of carbonyl (C=O) groups excluding carboxylic acids is 1.